The van der Waals surface area contributed by atoms with Crippen LogP contribution in [0.25, 0.3) is 5.57 Å². The molecule has 72 valence electrons. The van der Waals surface area contributed by atoms with Crippen molar-refractivity contribution < 1.29 is 4.79 Å². The van der Waals surface area contributed by atoms with Gasteiger partial charge in [0.25, 0.3) is 0 Å². The van der Waals surface area contributed by atoms with Gasteiger partial charge < -0.3 is 5.32 Å². The molecule has 0 radical (unpaired) electrons. The third-order valence-corrected chi connectivity index (χ3v) is 2.62. The SMILES string of the molecule is C=C(CCl)c1ccc2c(c1)CC(=O)N2. The van der Waals surface area contributed by atoms with E-state index in [1.54, 1.807) is 0 Å². The molecular weight excluding hydrogens is 198 g/mol. The van der Waals surface area contributed by atoms with Crippen molar-refractivity contribution in [2.75, 3.05) is 11.2 Å². The fraction of sp³-hybridized carbons (Fsp3) is 0.182. The summed E-state index contributed by atoms with van der Waals surface area (Å²) in [5.41, 5.74) is 3.82. The summed E-state index contributed by atoms with van der Waals surface area (Å²) in [6.45, 7) is 3.85. The van der Waals surface area contributed by atoms with E-state index in [0.717, 1.165) is 22.4 Å². The van der Waals surface area contributed by atoms with Crippen molar-refractivity contribution in [1.82, 2.24) is 0 Å². The Morgan fingerprint density at radius 2 is 2.36 bits per heavy atom. The number of alkyl halides is 1. The molecule has 1 amide bonds. The zero-order valence-corrected chi connectivity index (χ0v) is 8.40. The topological polar surface area (TPSA) is 29.1 Å². The maximum Gasteiger partial charge on any atom is 0.228 e. The summed E-state index contributed by atoms with van der Waals surface area (Å²) in [6, 6.07) is 5.79. The van der Waals surface area contributed by atoms with Gasteiger partial charge in [0.15, 0.2) is 0 Å². The summed E-state index contributed by atoms with van der Waals surface area (Å²) in [5.74, 6) is 0.466. The van der Waals surface area contributed by atoms with E-state index in [4.69, 9.17) is 11.6 Å². The number of fused-ring (bicyclic) bond motifs is 1. The van der Waals surface area contributed by atoms with Crippen LogP contribution in [0, 0.1) is 0 Å². The highest BCUT2D eigenvalue weighted by molar-refractivity contribution is 6.23. The first kappa shape index (κ1) is 9.28. The second-order valence-electron chi connectivity index (χ2n) is 3.33. The normalized spacial score (nSPS) is 13.6. The highest BCUT2D eigenvalue weighted by Crippen LogP contribution is 2.26. The molecule has 0 atom stereocenters. The number of rotatable bonds is 2. The van der Waals surface area contributed by atoms with Gasteiger partial charge in [-0.05, 0) is 28.8 Å². The molecule has 1 N–H and O–H groups in total. The number of nitrogens with one attached hydrogen (secondary N) is 1. The summed E-state index contributed by atoms with van der Waals surface area (Å²) < 4.78 is 0. The van der Waals surface area contributed by atoms with Gasteiger partial charge in [0.2, 0.25) is 5.91 Å². The Morgan fingerprint density at radius 1 is 1.57 bits per heavy atom. The highest BCUT2D eigenvalue weighted by Gasteiger charge is 2.17. The van der Waals surface area contributed by atoms with E-state index in [9.17, 15) is 4.79 Å². The smallest absolute Gasteiger partial charge is 0.228 e. The third kappa shape index (κ3) is 1.53. The van der Waals surface area contributed by atoms with Crippen molar-refractivity contribution in [2.24, 2.45) is 0 Å². The van der Waals surface area contributed by atoms with E-state index in [0.29, 0.717) is 12.3 Å². The van der Waals surface area contributed by atoms with Crippen molar-refractivity contribution in [2.45, 2.75) is 6.42 Å². The van der Waals surface area contributed by atoms with Crippen LogP contribution in [-0.2, 0) is 11.2 Å². The van der Waals surface area contributed by atoms with Crippen LogP contribution in [-0.4, -0.2) is 11.8 Å². The molecule has 0 saturated heterocycles. The fourth-order valence-electron chi connectivity index (χ4n) is 1.53. The van der Waals surface area contributed by atoms with E-state index < -0.39 is 0 Å². The first-order chi connectivity index (χ1) is 6.70. The zero-order valence-electron chi connectivity index (χ0n) is 7.64. The maximum absolute atomic E-state index is 11.1. The van der Waals surface area contributed by atoms with Gasteiger partial charge in [0.1, 0.15) is 0 Å². The van der Waals surface area contributed by atoms with Crippen LogP contribution in [0.1, 0.15) is 11.1 Å². The quantitative estimate of drug-likeness (QED) is 0.742. The summed E-state index contributed by atoms with van der Waals surface area (Å²) in [4.78, 5) is 11.1. The van der Waals surface area contributed by atoms with Gasteiger partial charge in [0.05, 0.1) is 6.42 Å². The zero-order chi connectivity index (χ0) is 10.1. The van der Waals surface area contributed by atoms with Gasteiger partial charge in [-0.1, -0.05) is 12.6 Å². The van der Waals surface area contributed by atoms with Crippen LogP contribution < -0.4 is 5.32 Å². The number of hydrogen-bond donors (Lipinski definition) is 1. The summed E-state index contributed by atoms with van der Waals surface area (Å²) in [7, 11) is 0. The molecule has 1 aliphatic rings. The number of halogens is 1. The van der Waals surface area contributed by atoms with Gasteiger partial charge >= 0.3 is 0 Å². The lowest BCUT2D eigenvalue weighted by Crippen LogP contribution is -2.03. The summed E-state index contributed by atoms with van der Waals surface area (Å²) in [5, 5.41) is 2.78. The molecule has 0 spiro atoms. The molecule has 1 aliphatic heterocycles. The Hall–Kier alpha value is -1.28. The molecule has 3 heteroatoms. The number of carbonyl (C=O) groups excluding carboxylic acids is 1. The molecule has 0 aliphatic carbocycles. The van der Waals surface area contributed by atoms with Crippen LogP contribution in [0.3, 0.4) is 0 Å². The minimum atomic E-state index is 0.0497. The summed E-state index contributed by atoms with van der Waals surface area (Å²) in [6.07, 6.45) is 0.457. The molecule has 1 heterocycles. The number of anilines is 1. The van der Waals surface area contributed by atoms with Gasteiger partial charge in [-0.3, -0.25) is 4.79 Å². The molecule has 0 fully saturated rings. The Balaban J connectivity index is 2.37. The number of allylic oxidation sites excluding steroid dienone is 1. The molecule has 0 bridgehead atoms. The monoisotopic (exact) mass is 207 g/mol. The van der Waals surface area contributed by atoms with E-state index in [-0.39, 0.29) is 5.91 Å². The molecule has 1 aromatic carbocycles. The minimum absolute atomic E-state index is 0.0497. The molecule has 1 aromatic rings. The van der Waals surface area contributed by atoms with Crippen molar-refractivity contribution in [1.29, 1.82) is 0 Å². The lowest BCUT2D eigenvalue weighted by atomic mass is 10.0. The van der Waals surface area contributed by atoms with Gasteiger partial charge in [-0.15, -0.1) is 11.6 Å². The van der Waals surface area contributed by atoms with E-state index in [2.05, 4.69) is 11.9 Å². The van der Waals surface area contributed by atoms with Gasteiger partial charge in [0, 0.05) is 11.6 Å². The van der Waals surface area contributed by atoms with E-state index in [1.807, 2.05) is 18.2 Å². The van der Waals surface area contributed by atoms with E-state index in [1.165, 1.54) is 0 Å². The second kappa shape index (κ2) is 3.46. The van der Waals surface area contributed by atoms with Crippen molar-refractivity contribution in [3.05, 3.63) is 35.9 Å². The minimum Gasteiger partial charge on any atom is -0.326 e. The average molecular weight is 208 g/mol. The number of benzene rings is 1. The highest BCUT2D eigenvalue weighted by atomic mass is 35.5. The van der Waals surface area contributed by atoms with Crippen LogP contribution in [0.5, 0.6) is 0 Å². The first-order valence-electron chi connectivity index (χ1n) is 4.37. The lowest BCUT2D eigenvalue weighted by molar-refractivity contribution is -0.115. The van der Waals surface area contributed by atoms with Crippen LogP contribution in [0.2, 0.25) is 0 Å². The molecule has 2 rings (SSSR count). The standard InChI is InChI=1S/C11H10ClNO/c1-7(6-12)8-2-3-10-9(4-8)5-11(14)13-10/h2-4H,1,5-6H2,(H,13,14). The largest absolute Gasteiger partial charge is 0.326 e. The molecule has 14 heavy (non-hydrogen) atoms. The number of hydrogen-bond acceptors (Lipinski definition) is 1. The van der Waals surface area contributed by atoms with Crippen molar-refractivity contribution in [3.63, 3.8) is 0 Å². The Morgan fingerprint density at radius 3 is 3.07 bits per heavy atom. The Kier molecular flexibility index (Phi) is 2.30. The van der Waals surface area contributed by atoms with Crippen LogP contribution >= 0.6 is 11.6 Å². The van der Waals surface area contributed by atoms with Crippen molar-refractivity contribution in [3.8, 4) is 0 Å². The fourth-order valence-corrected chi connectivity index (χ4v) is 1.68. The molecule has 0 unspecified atom stereocenters. The Bertz CT molecular complexity index is 412. The molecule has 0 saturated carbocycles. The van der Waals surface area contributed by atoms with Crippen molar-refractivity contribution >= 4 is 28.8 Å². The average Bonchev–Trinajstić information content (AvgIpc) is 2.55. The predicted octanol–water partition coefficient (Wildman–Crippen LogP) is 2.43. The molecule has 0 aromatic heterocycles. The molecular formula is C11H10ClNO. The van der Waals surface area contributed by atoms with Gasteiger partial charge in [-0.2, -0.15) is 0 Å². The summed E-state index contributed by atoms with van der Waals surface area (Å²) >= 11 is 5.68. The van der Waals surface area contributed by atoms with Crippen LogP contribution in [0.15, 0.2) is 24.8 Å². The number of carbonyl (C=O) groups is 1. The number of amides is 1. The second-order valence-corrected chi connectivity index (χ2v) is 3.60. The predicted molar refractivity (Wildman–Crippen MR) is 58.5 cm³/mol. The third-order valence-electron chi connectivity index (χ3n) is 2.30. The van der Waals surface area contributed by atoms with Crippen LogP contribution in [0.4, 0.5) is 5.69 Å². The maximum atomic E-state index is 11.1. The molecule has 2 nitrogen and oxygen atoms in total. The van der Waals surface area contributed by atoms with Gasteiger partial charge in [-0.25, -0.2) is 0 Å². The van der Waals surface area contributed by atoms with E-state index >= 15 is 0 Å². The Labute approximate surface area is 87.6 Å². The lowest BCUT2D eigenvalue weighted by Gasteiger charge is -2.04. The first-order valence-corrected chi connectivity index (χ1v) is 4.91.